The molecule has 3 atom stereocenters. The molecule has 0 aromatic heterocycles. The summed E-state index contributed by atoms with van der Waals surface area (Å²) < 4.78 is 22.6. The van der Waals surface area contributed by atoms with Gasteiger partial charge in [0.1, 0.15) is 23.0 Å². The molecule has 2 heterocycles. The van der Waals surface area contributed by atoms with Crippen LogP contribution in [0.2, 0.25) is 0 Å². The van der Waals surface area contributed by atoms with Crippen LogP contribution in [0.25, 0.3) is 0 Å². The average Bonchev–Trinajstić information content (AvgIpc) is 3.73. The first-order valence-electron chi connectivity index (χ1n) is 14.1. The predicted molar refractivity (Wildman–Crippen MR) is 144 cm³/mol. The fraction of sp³-hybridized carbons (Fsp3) is 0.690. The monoisotopic (exact) mass is 562 g/mol. The number of carboxylic acids is 1. The van der Waals surface area contributed by atoms with Crippen molar-refractivity contribution in [3.8, 4) is 11.5 Å². The average molecular weight is 563 g/mol. The third-order valence-corrected chi connectivity index (χ3v) is 7.38. The van der Waals surface area contributed by atoms with Gasteiger partial charge < -0.3 is 39.0 Å². The van der Waals surface area contributed by atoms with E-state index in [1.807, 2.05) is 12.1 Å². The van der Waals surface area contributed by atoms with E-state index in [1.54, 1.807) is 32.8 Å². The summed E-state index contributed by atoms with van der Waals surface area (Å²) in [5.41, 5.74) is 1.05. The van der Waals surface area contributed by atoms with E-state index in [2.05, 4.69) is 0 Å². The van der Waals surface area contributed by atoms with Crippen molar-refractivity contribution in [2.24, 2.45) is 11.8 Å². The second-order valence-corrected chi connectivity index (χ2v) is 11.8. The minimum Gasteiger partial charge on any atom is -0.493 e. The topological polar surface area (TPSA) is 135 Å². The first kappa shape index (κ1) is 29.9. The molecular formula is C29H42N2O9. The molecule has 0 spiro atoms. The van der Waals surface area contributed by atoms with Gasteiger partial charge in [-0.3, -0.25) is 9.59 Å². The molecule has 0 bridgehead atoms. The van der Waals surface area contributed by atoms with Crippen molar-refractivity contribution in [1.29, 1.82) is 0 Å². The lowest BCUT2D eigenvalue weighted by Gasteiger charge is -2.41. The van der Waals surface area contributed by atoms with E-state index in [4.69, 9.17) is 18.9 Å². The van der Waals surface area contributed by atoms with Crippen LogP contribution < -0.4 is 9.47 Å². The summed E-state index contributed by atoms with van der Waals surface area (Å²) in [4.78, 5) is 41.7. The Kier molecular flexibility index (Phi) is 9.45. The second kappa shape index (κ2) is 12.6. The summed E-state index contributed by atoms with van der Waals surface area (Å²) in [6.07, 6.45) is 1.96. The van der Waals surface area contributed by atoms with Gasteiger partial charge in [0.05, 0.1) is 25.2 Å². The van der Waals surface area contributed by atoms with E-state index in [-0.39, 0.29) is 31.6 Å². The number of fused-ring (bicyclic) bond motifs is 1. The van der Waals surface area contributed by atoms with E-state index in [9.17, 15) is 24.6 Å². The minimum absolute atomic E-state index is 0.0251. The van der Waals surface area contributed by atoms with Crippen molar-refractivity contribution in [2.45, 2.75) is 77.2 Å². The molecule has 3 aliphatic rings. The van der Waals surface area contributed by atoms with Gasteiger partial charge in [-0.15, -0.1) is 0 Å². The van der Waals surface area contributed by atoms with Crippen LogP contribution in [-0.2, 0) is 32.0 Å². The van der Waals surface area contributed by atoms with Crippen LogP contribution in [0.1, 0.15) is 57.6 Å². The second-order valence-electron chi connectivity index (χ2n) is 11.8. The third kappa shape index (κ3) is 7.37. The molecule has 3 unspecified atom stereocenters. The number of hydrogen-bond acceptors (Lipinski definition) is 8. The number of aliphatic hydroxyl groups excluding tert-OH is 1. The largest absolute Gasteiger partial charge is 0.493 e. The summed E-state index contributed by atoms with van der Waals surface area (Å²) in [6, 6.07) is 3.85. The Bertz CT molecular complexity index is 1080. The zero-order valence-electron chi connectivity index (χ0n) is 23.9. The van der Waals surface area contributed by atoms with Gasteiger partial charge in [0, 0.05) is 51.4 Å². The molecule has 1 saturated carbocycles. The molecule has 222 valence electrons. The normalized spacial score (nSPS) is 22.6. The fourth-order valence-electron chi connectivity index (χ4n) is 5.24. The zero-order valence-corrected chi connectivity index (χ0v) is 23.9. The Labute approximate surface area is 235 Å². The maximum Gasteiger partial charge on any atom is 0.410 e. The molecule has 1 aliphatic carbocycles. The van der Waals surface area contributed by atoms with Gasteiger partial charge in [0.25, 0.3) is 0 Å². The molecule has 40 heavy (non-hydrogen) atoms. The third-order valence-electron chi connectivity index (χ3n) is 7.38. The van der Waals surface area contributed by atoms with Crippen molar-refractivity contribution < 1.29 is 43.5 Å². The molecule has 2 aliphatic heterocycles. The van der Waals surface area contributed by atoms with Crippen LogP contribution >= 0.6 is 0 Å². The van der Waals surface area contributed by atoms with Gasteiger partial charge >= 0.3 is 12.1 Å². The zero-order chi connectivity index (χ0) is 29.0. The molecule has 4 rings (SSSR count). The Morgan fingerprint density at radius 3 is 2.50 bits per heavy atom. The lowest BCUT2D eigenvalue weighted by molar-refractivity contribution is -0.157. The number of carbonyl (C=O) groups excluding carboxylic acids is 2. The highest BCUT2D eigenvalue weighted by molar-refractivity contribution is 5.83. The van der Waals surface area contributed by atoms with Gasteiger partial charge in [-0.2, -0.15) is 0 Å². The number of hydrogen-bond donors (Lipinski definition) is 2. The van der Waals surface area contributed by atoms with Gasteiger partial charge in [-0.1, -0.05) is 0 Å². The summed E-state index contributed by atoms with van der Waals surface area (Å²) in [6.45, 7) is 6.73. The number of methoxy groups -OCH3 is 1. The van der Waals surface area contributed by atoms with E-state index in [0.29, 0.717) is 19.8 Å². The van der Waals surface area contributed by atoms with E-state index in [1.165, 1.54) is 4.90 Å². The molecule has 2 fully saturated rings. The molecule has 2 N–H and O–H groups in total. The van der Waals surface area contributed by atoms with Gasteiger partial charge in [0.15, 0.2) is 0 Å². The summed E-state index contributed by atoms with van der Waals surface area (Å²) in [5.74, 6) is -2.57. The lowest BCUT2D eigenvalue weighted by Crippen LogP contribution is -2.58. The number of carbonyl (C=O) groups is 3. The van der Waals surface area contributed by atoms with Crippen molar-refractivity contribution in [3.63, 3.8) is 0 Å². The highest BCUT2D eigenvalue weighted by atomic mass is 16.6. The fourth-order valence-corrected chi connectivity index (χ4v) is 5.24. The van der Waals surface area contributed by atoms with E-state index >= 15 is 0 Å². The van der Waals surface area contributed by atoms with E-state index < -0.39 is 35.6 Å². The predicted octanol–water partition coefficient (Wildman–Crippen LogP) is 2.85. The van der Waals surface area contributed by atoms with Gasteiger partial charge in [-0.05, 0) is 64.2 Å². The Morgan fingerprint density at radius 2 is 1.85 bits per heavy atom. The first-order chi connectivity index (χ1) is 19.0. The number of nitrogens with zero attached hydrogens (tertiary/aromatic N) is 2. The molecule has 1 aromatic carbocycles. The standard InChI is InChI=1S/C29H42N2O9/c1-29(2,3)40-28(36)30-16-21(25(32)22(17-30)27(34)35)26(33)31(19-8-9-19)15-18-13-23-20(7-5-11-38-23)24(14-18)39-12-6-10-37-4/h13-14,19,21-22,25,32H,5-12,15-17H2,1-4H3,(H,34,35). The molecule has 2 amide bonds. The number of amides is 2. The number of carboxylic acid groups (broad SMARTS) is 1. The summed E-state index contributed by atoms with van der Waals surface area (Å²) in [7, 11) is 1.65. The van der Waals surface area contributed by atoms with Crippen LogP contribution in [0.5, 0.6) is 11.5 Å². The molecule has 1 saturated heterocycles. The Hall–Kier alpha value is -3.05. The van der Waals surface area contributed by atoms with E-state index in [0.717, 1.165) is 54.7 Å². The maximum absolute atomic E-state index is 14.0. The Morgan fingerprint density at radius 1 is 1.12 bits per heavy atom. The molecule has 0 radical (unpaired) electrons. The van der Waals surface area contributed by atoms with Crippen molar-refractivity contribution >= 4 is 18.0 Å². The van der Waals surface area contributed by atoms with Crippen LogP contribution in [-0.4, -0.2) is 95.7 Å². The number of piperidine rings is 1. The minimum atomic E-state index is -1.43. The van der Waals surface area contributed by atoms with Crippen LogP contribution in [0, 0.1) is 11.8 Å². The molecule has 1 aromatic rings. The first-order valence-corrected chi connectivity index (χ1v) is 14.1. The van der Waals surface area contributed by atoms with Crippen molar-refractivity contribution in [2.75, 3.05) is 40.0 Å². The number of likely N-dealkylation sites (tertiary alicyclic amines) is 1. The summed E-state index contributed by atoms with van der Waals surface area (Å²) >= 11 is 0. The van der Waals surface area contributed by atoms with Crippen LogP contribution in [0.3, 0.4) is 0 Å². The lowest BCUT2D eigenvalue weighted by atomic mass is 9.85. The van der Waals surface area contributed by atoms with Crippen LogP contribution in [0.4, 0.5) is 4.79 Å². The molecule has 11 nitrogen and oxygen atoms in total. The highest BCUT2D eigenvalue weighted by Gasteiger charge is 2.48. The highest BCUT2D eigenvalue weighted by Crippen LogP contribution is 2.38. The number of aliphatic carboxylic acids is 1. The van der Waals surface area contributed by atoms with Crippen molar-refractivity contribution in [3.05, 3.63) is 23.3 Å². The quantitative estimate of drug-likeness (QED) is 0.413. The maximum atomic E-state index is 14.0. The number of benzene rings is 1. The molecular weight excluding hydrogens is 520 g/mol. The number of rotatable bonds is 10. The SMILES string of the molecule is COCCCOc1cc(CN(C(=O)C2CN(C(=O)OC(C)(C)C)CC(C(=O)O)C2O)C2CC2)cc2c1CCCO2. The number of aliphatic hydroxyl groups is 1. The molecule has 11 heteroatoms. The van der Waals surface area contributed by atoms with Crippen molar-refractivity contribution in [1.82, 2.24) is 9.80 Å². The summed E-state index contributed by atoms with van der Waals surface area (Å²) in [5, 5.41) is 20.8. The number of ether oxygens (including phenoxy) is 4. The van der Waals surface area contributed by atoms with Crippen LogP contribution in [0.15, 0.2) is 12.1 Å². The Balaban J connectivity index is 1.56. The smallest absolute Gasteiger partial charge is 0.410 e. The van der Waals surface area contributed by atoms with Gasteiger partial charge in [0.2, 0.25) is 5.91 Å². The van der Waals surface area contributed by atoms with Gasteiger partial charge in [-0.25, -0.2) is 4.79 Å².